The summed E-state index contributed by atoms with van der Waals surface area (Å²) in [6.07, 6.45) is 0. The maximum atomic E-state index is 12.6. The van der Waals surface area contributed by atoms with E-state index >= 15 is 0 Å². The van der Waals surface area contributed by atoms with E-state index in [0.717, 1.165) is 33.1 Å². The minimum absolute atomic E-state index is 0.163. The lowest BCUT2D eigenvalue weighted by Gasteiger charge is -2.07. The number of carbonyl (C=O) groups is 1. The summed E-state index contributed by atoms with van der Waals surface area (Å²) in [6.45, 7) is 4.02. The zero-order valence-corrected chi connectivity index (χ0v) is 18.1. The normalized spacial score (nSPS) is 10.8. The first kappa shape index (κ1) is 19.8. The van der Waals surface area contributed by atoms with E-state index < -0.39 is 0 Å². The lowest BCUT2D eigenvalue weighted by atomic mass is 10.1. The van der Waals surface area contributed by atoms with E-state index in [1.165, 1.54) is 11.3 Å². The van der Waals surface area contributed by atoms with Gasteiger partial charge in [-0.2, -0.15) is 5.10 Å². The van der Waals surface area contributed by atoms with Crippen LogP contribution in [-0.2, 0) is 7.05 Å². The van der Waals surface area contributed by atoms with Crippen LogP contribution < -0.4 is 10.1 Å². The molecule has 4 aromatic rings. The van der Waals surface area contributed by atoms with E-state index in [4.69, 9.17) is 9.72 Å². The number of thiazole rings is 1. The molecule has 7 heteroatoms. The third-order valence-corrected chi connectivity index (χ3v) is 5.84. The molecule has 2 heterocycles. The number of hydrogen-bond acceptors (Lipinski definition) is 5. The molecule has 0 unspecified atom stereocenters. The molecule has 0 aliphatic heterocycles. The Morgan fingerprint density at radius 1 is 1.07 bits per heavy atom. The van der Waals surface area contributed by atoms with Crippen molar-refractivity contribution >= 4 is 23.1 Å². The molecule has 0 spiro atoms. The van der Waals surface area contributed by atoms with Crippen LogP contribution in [0.1, 0.15) is 21.5 Å². The average Bonchev–Trinajstić information content (AvgIpc) is 3.37. The van der Waals surface area contributed by atoms with Gasteiger partial charge in [-0.1, -0.05) is 18.2 Å². The van der Waals surface area contributed by atoms with Crippen molar-refractivity contribution in [3.8, 4) is 27.7 Å². The molecule has 0 bridgehead atoms. The number of amides is 1. The number of nitrogens with zero attached hydrogens (tertiary/aromatic N) is 3. The number of anilines is 1. The predicted octanol–water partition coefficient (Wildman–Crippen LogP) is 5.09. The van der Waals surface area contributed by atoms with Crippen LogP contribution in [0, 0.1) is 13.8 Å². The highest BCUT2D eigenvalue weighted by molar-refractivity contribution is 7.13. The fourth-order valence-electron chi connectivity index (χ4n) is 3.07. The number of carbonyl (C=O) groups excluding carboxylic acids is 1. The predicted molar refractivity (Wildman–Crippen MR) is 120 cm³/mol. The van der Waals surface area contributed by atoms with Crippen molar-refractivity contribution in [3.63, 3.8) is 0 Å². The van der Waals surface area contributed by atoms with E-state index in [1.807, 2.05) is 67.8 Å². The van der Waals surface area contributed by atoms with Crippen LogP contribution in [0.5, 0.6) is 5.75 Å². The first-order chi connectivity index (χ1) is 14.4. The summed E-state index contributed by atoms with van der Waals surface area (Å²) >= 11 is 1.51. The van der Waals surface area contributed by atoms with Crippen molar-refractivity contribution < 1.29 is 9.53 Å². The van der Waals surface area contributed by atoms with Gasteiger partial charge in [0.2, 0.25) is 0 Å². The van der Waals surface area contributed by atoms with Crippen molar-refractivity contribution in [2.75, 3.05) is 12.4 Å². The van der Waals surface area contributed by atoms with E-state index in [-0.39, 0.29) is 5.91 Å². The molecule has 0 aliphatic rings. The molecule has 4 rings (SSSR count). The highest BCUT2D eigenvalue weighted by atomic mass is 32.1. The third-order valence-electron chi connectivity index (χ3n) is 4.98. The van der Waals surface area contributed by atoms with Gasteiger partial charge in [0.15, 0.2) is 0 Å². The Bertz CT molecular complexity index is 1230. The Balaban J connectivity index is 1.56. The Morgan fingerprint density at radius 2 is 1.90 bits per heavy atom. The fraction of sp³-hybridized carbons (Fsp3) is 0.174. The summed E-state index contributed by atoms with van der Waals surface area (Å²) in [5.74, 6) is 1.24. The molecule has 0 saturated carbocycles. The Labute approximate surface area is 179 Å². The molecule has 0 atom stereocenters. The number of nitrogens with one attached hydrogen (secondary N) is 1. The second-order valence-electron chi connectivity index (χ2n) is 7.06. The lowest BCUT2D eigenvalue weighted by Crippen LogP contribution is -2.14. The SMILES string of the molecule is COc1cccc(-c2csc(-c3cc(NC(=O)c4ccc(C)c(C)c4)n(C)n3)n2)c1. The standard InChI is InChI=1S/C23H22N4O2S/c1-14-8-9-17(10-15(14)2)22(28)25-21-12-19(26-27(21)3)23-24-20(13-30-23)16-6-5-7-18(11-16)29-4/h5-13H,1-4H3,(H,25,28). The van der Waals surface area contributed by atoms with Crippen LogP contribution in [0.4, 0.5) is 5.82 Å². The summed E-state index contributed by atoms with van der Waals surface area (Å²) in [5.41, 5.74) is 5.42. The highest BCUT2D eigenvalue weighted by Crippen LogP contribution is 2.31. The number of aromatic nitrogens is 3. The number of ether oxygens (including phenoxy) is 1. The van der Waals surface area contributed by atoms with Gasteiger partial charge in [-0.25, -0.2) is 4.98 Å². The van der Waals surface area contributed by atoms with Gasteiger partial charge in [-0.15, -0.1) is 11.3 Å². The minimum Gasteiger partial charge on any atom is -0.497 e. The summed E-state index contributed by atoms with van der Waals surface area (Å²) in [6, 6.07) is 15.3. The summed E-state index contributed by atoms with van der Waals surface area (Å²) in [4.78, 5) is 17.4. The number of rotatable bonds is 5. The molecule has 1 amide bonds. The number of benzene rings is 2. The molecule has 152 valence electrons. The summed E-state index contributed by atoms with van der Waals surface area (Å²) < 4.78 is 6.95. The van der Waals surface area contributed by atoms with Gasteiger partial charge >= 0.3 is 0 Å². The van der Waals surface area contributed by atoms with Crippen molar-refractivity contribution in [1.82, 2.24) is 14.8 Å². The van der Waals surface area contributed by atoms with E-state index in [0.29, 0.717) is 17.1 Å². The monoisotopic (exact) mass is 418 g/mol. The quantitative estimate of drug-likeness (QED) is 0.490. The zero-order valence-electron chi connectivity index (χ0n) is 17.3. The number of hydrogen-bond donors (Lipinski definition) is 1. The molecule has 0 radical (unpaired) electrons. The topological polar surface area (TPSA) is 69.0 Å². The van der Waals surface area contributed by atoms with Gasteiger partial charge in [-0.05, 0) is 49.2 Å². The average molecular weight is 419 g/mol. The van der Waals surface area contributed by atoms with Gasteiger partial charge in [0.05, 0.1) is 12.8 Å². The van der Waals surface area contributed by atoms with Crippen molar-refractivity contribution in [2.45, 2.75) is 13.8 Å². The molecule has 6 nitrogen and oxygen atoms in total. The fourth-order valence-corrected chi connectivity index (χ4v) is 3.85. The summed E-state index contributed by atoms with van der Waals surface area (Å²) in [5, 5.41) is 10.2. The van der Waals surface area contributed by atoms with Gasteiger partial charge in [-0.3, -0.25) is 9.48 Å². The molecular weight excluding hydrogens is 396 g/mol. The van der Waals surface area contributed by atoms with Crippen LogP contribution >= 0.6 is 11.3 Å². The Morgan fingerprint density at radius 3 is 2.67 bits per heavy atom. The second-order valence-corrected chi connectivity index (χ2v) is 7.92. The second kappa shape index (κ2) is 8.12. The maximum Gasteiger partial charge on any atom is 0.256 e. The third kappa shape index (κ3) is 3.97. The first-order valence-corrected chi connectivity index (χ1v) is 10.4. The molecule has 0 aliphatic carbocycles. The Hall–Kier alpha value is -3.45. The lowest BCUT2D eigenvalue weighted by molar-refractivity contribution is 0.102. The van der Waals surface area contributed by atoms with Crippen molar-refractivity contribution in [3.05, 3.63) is 70.6 Å². The molecule has 30 heavy (non-hydrogen) atoms. The van der Waals surface area contributed by atoms with E-state index in [2.05, 4.69) is 10.4 Å². The van der Waals surface area contributed by atoms with Gasteiger partial charge in [0, 0.05) is 29.6 Å². The van der Waals surface area contributed by atoms with Gasteiger partial charge in [0.25, 0.3) is 5.91 Å². The molecule has 0 fully saturated rings. The first-order valence-electron chi connectivity index (χ1n) is 9.47. The van der Waals surface area contributed by atoms with Crippen LogP contribution in [0.25, 0.3) is 22.0 Å². The molecule has 0 saturated heterocycles. The van der Waals surface area contributed by atoms with E-state index in [9.17, 15) is 4.79 Å². The highest BCUT2D eigenvalue weighted by Gasteiger charge is 2.15. The smallest absolute Gasteiger partial charge is 0.256 e. The molecule has 1 N–H and O–H groups in total. The minimum atomic E-state index is -0.163. The van der Waals surface area contributed by atoms with Gasteiger partial charge < -0.3 is 10.1 Å². The largest absolute Gasteiger partial charge is 0.497 e. The van der Waals surface area contributed by atoms with Gasteiger partial charge in [0.1, 0.15) is 22.3 Å². The zero-order chi connectivity index (χ0) is 21.3. The maximum absolute atomic E-state index is 12.6. The molecule has 2 aromatic carbocycles. The van der Waals surface area contributed by atoms with Crippen molar-refractivity contribution in [1.29, 1.82) is 0 Å². The molecular formula is C23H22N4O2S. The molecule has 2 aromatic heterocycles. The van der Waals surface area contributed by atoms with Crippen molar-refractivity contribution in [2.24, 2.45) is 7.05 Å². The van der Waals surface area contributed by atoms with Crippen LogP contribution in [-0.4, -0.2) is 27.8 Å². The number of aryl methyl sites for hydroxylation is 3. The van der Waals surface area contributed by atoms with E-state index in [1.54, 1.807) is 18.8 Å². The van der Waals surface area contributed by atoms with Crippen LogP contribution in [0.15, 0.2) is 53.9 Å². The Kier molecular flexibility index (Phi) is 5.37. The number of methoxy groups -OCH3 is 1. The summed E-state index contributed by atoms with van der Waals surface area (Å²) in [7, 11) is 3.45. The van der Waals surface area contributed by atoms with Crippen LogP contribution in [0.2, 0.25) is 0 Å². The van der Waals surface area contributed by atoms with Crippen LogP contribution in [0.3, 0.4) is 0 Å².